The Morgan fingerprint density at radius 2 is 2.29 bits per heavy atom. The maximum Gasteiger partial charge on any atom is 0.328 e. The first kappa shape index (κ1) is 11.1. The number of aromatic nitrogens is 2. The third kappa shape index (κ3) is 2.81. The molecule has 2 rings (SSSR count). The van der Waals surface area contributed by atoms with Gasteiger partial charge in [0.1, 0.15) is 5.82 Å². The van der Waals surface area contributed by atoms with Crippen LogP contribution in [0.4, 0.5) is 0 Å². The van der Waals surface area contributed by atoms with Crippen molar-refractivity contribution < 1.29 is 9.90 Å². The van der Waals surface area contributed by atoms with Crippen LogP contribution in [0.5, 0.6) is 0 Å². The Balaban J connectivity index is 2.27. The zero-order valence-electron chi connectivity index (χ0n) is 9.34. The summed E-state index contributed by atoms with van der Waals surface area (Å²) in [6.07, 6.45) is 4.18. The van der Waals surface area contributed by atoms with E-state index in [1.165, 1.54) is 11.6 Å². The highest BCUT2D eigenvalue weighted by Gasteiger charge is 2.01. The van der Waals surface area contributed by atoms with Gasteiger partial charge in [-0.25, -0.2) is 9.78 Å². The standard InChI is InChI=1S/C13H12N2O2/c1-9-3-2-4-10(7-9)11-8-14-12(15-11)5-6-13(16)17/h2-8H,1H3,(H,14,15)(H,16,17)/b6-5+. The van der Waals surface area contributed by atoms with Gasteiger partial charge in [0.2, 0.25) is 0 Å². The maximum absolute atomic E-state index is 10.4. The Morgan fingerprint density at radius 1 is 1.47 bits per heavy atom. The van der Waals surface area contributed by atoms with Crippen molar-refractivity contribution in [2.45, 2.75) is 6.92 Å². The van der Waals surface area contributed by atoms with Crippen molar-refractivity contribution in [2.75, 3.05) is 0 Å². The first-order chi connectivity index (χ1) is 8.15. The van der Waals surface area contributed by atoms with Crippen LogP contribution in [0, 0.1) is 6.92 Å². The summed E-state index contributed by atoms with van der Waals surface area (Å²) in [7, 11) is 0. The largest absolute Gasteiger partial charge is 0.478 e. The molecule has 2 aromatic rings. The number of carbonyl (C=O) groups is 1. The fourth-order valence-corrected chi connectivity index (χ4v) is 1.53. The van der Waals surface area contributed by atoms with Crippen LogP contribution in [0.2, 0.25) is 0 Å². The Bertz CT molecular complexity index is 570. The molecular weight excluding hydrogens is 216 g/mol. The highest BCUT2D eigenvalue weighted by Crippen LogP contribution is 2.18. The predicted molar refractivity (Wildman–Crippen MR) is 65.4 cm³/mol. The molecule has 0 bridgehead atoms. The van der Waals surface area contributed by atoms with Crippen LogP contribution in [0.15, 0.2) is 36.5 Å². The lowest BCUT2D eigenvalue weighted by molar-refractivity contribution is -0.131. The fraction of sp³-hybridized carbons (Fsp3) is 0.0769. The number of H-pyrrole nitrogens is 1. The molecule has 86 valence electrons. The third-order valence-corrected chi connectivity index (χ3v) is 2.31. The van der Waals surface area contributed by atoms with Crippen LogP contribution in [0.25, 0.3) is 17.3 Å². The van der Waals surface area contributed by atoms with Crippen molar-refractivity contribution in [3.8, 4) is 11.3 Å². The Labute approximate surface area is 98.6 Å². The lowest BCUT2D eigenvalue weighted by Gasteiger charge is -1.98. The van der Waals surface area contributed by atoms with Gasteiger partial charge in [-0.05, 0) is 24.6 Å². The molecule has 0 amide bonds. The van der Waals surface area contributed by atoms with Crippen molar-refractivity contribution in [1.82, 2.24) is 9.97 Å². The van der Waals surface area contributed by atoms with E-state index in [1.54, 1.807) is 6.20 Å². The average molecular weight is 228 g/mol. The summed E-state index contributed by atoms with van der Waals surface area (Å²) in [5, 5.41) is 8.51. The number of rotatable bonds is 3. The molecule has 4 heteroatoms. The number of nitrogens with zero attached hydrogens (tertiary/aromatic N) is 1. The smallest absolute Gasteiger partial charge is 0.328 e. The van der Waals surface area contributed by atoms with E-state index in [0.717, 1.165) is 17.3 Å². The van der Waals surface area contributed by atoms with E-state index in [1.807, 2.05) is 31.2 Å². The van der Waals surface area contributed by atoms with E-state index in [9.17, 15) is 4.79 Å². The van der Waals surface area contributed by atoms with E-state index in [-0.39, 0.29) is 0 Å². The Kier molecular flexibility index (Phi) is 3.05. The predicted octanol–water partition coefficient (Wildman–Crippen LogP) is 2.48. The molecule has 0 saturated carbocycles. The molecule has 1 aromatic heterocycles. The average Bonchev–Trinajstić information content (AvgIpc) is 2.75. The second kappa shape index (κ2) is 4.65. The molecule has 0 aliphatic rings. The number of aromatic amines is 1. The van der Waals surface area contributed by atoms with Crippen LogP contribution < -0.4 is 0 Å². The third-order valence-electron chi connectivity index (χ3n) is 2.31. The summed E-state index contributed by atoms with van der Waals surface area (Å²) in [4.78, 5) is 17.5. The molecule has 0 spiro atoms. The van der Waals surface area contributed by atoms with Crippen molar-refractivity contribution in [2.24, 2.45) is 0 Å². The van der Waals surface area contributed by atoms with Crippen LogP contribution in [0.1, 0.15) is 11.4 Å². The van der Waals surface area contributed by atoms with Gasteiger partial charge in [0.25, 0.3) is 0 Å². The molecule has 1 heterocycles. The molecule has 0 unspecified atom stereocenters. The van der Waals surface area contributed by atoms with Crippen LogP contribution in [0.3, 0.4) is 0 Å². The Hall–Kier alpha value is -2.36. The number of imidazole rings is 1. The summed E-state index contributed by atoms with van der Waals surface area (Å²) in [5.41, 5.74) is 3.07. The van der Waals surface area contributed by atoms with Gasteiger partial charge >= 0.3 is 5.97 Å². The summed E-state index contributed by atoms with van der Waals surface area (Å²) in [6, 6.07) is 8.01. The number of hydrogen-bond acceptors (Lipinski definition) is 2. The molecular formula is C13H12N2O2. The number of aliphatic carboxylic acids is 1. The van der Waals surface area contributed by atoms with Crippen LogP contribution in [-0.4, -0.2) is 21.0 Å². The molecule has 2 N–H and O–H groups in total. The van der Waals surface area contributed by atoms with Crippen molar-refractivity contribution in [3.05, 3.63) is 47.9 Å². The second-order valence-corrected chi connectivity index (χ2v) is 3.72. The van der Waals surface area contributed by atoms with Gasteiger partial charge in [-0.2, -0.15) is 0 Å². The number of nitrogens with one attached hydrogen (secondary N) is 1. The fourth-order valence-electron chi connectivity index (χ4n) is 1.53. The van der Waals surface area contributed by atoms with Gasteiger partial charge < -0.3 is 10.1 Å². The first-order valence-corrected chi connectivity index (χ1v) is 5.18. The summed E-state index contributed by atoms with van der Waals surface area (Å²) in [5.74, 6) is -0.456. The molecule has 0 aliphatic carbocycles. The minimum atomic E-state index is -0.987. The van der Waals surface area contributed by atoms with Crippen molar-refractivity contribution >= 4 is 12.0 Å². The molecule has 1 aromatic carbocycles. The van der Waals surface area contributed by atoms with Gasteiger partial charge in [0.15, 0.2) is 0 Å². The summed E-state index contributed by atoms with van der Waals surface area (Å²) >= 11 is 0. The summed E-state index contributed by atoms with van der Waals surface area (Å²) in [6.45, 7) is 2.02. The van der Waals surface area contributed by atoms with Crippen LogP contribution in [-0.2, 0) is 4.79 Å². The monoisotopic (exact) mass is 228 g/mol. The van der Waals surface area contributed by atoms with Gasteiger partial charge in [-0.3, -0.25) is 0 Å². The molecule has 0 fully saturated rings. The number of benzene rings is 1. The summed E-state index contributed by atoms with van der Waals surface area (Å²) < 4.78 is 0. The van der Waals surface area contributed by atoms with Gasteiger partial charge in [0, 0.05) is 6.08 Å². The molecule has 0 saturated heterocycles. The number of carboxylic acids is 1. The molecule has 0 radical (unpaired) electrons. The molecule has 0 aliphatic heterocycles. The first-order valence-electron chi connectivity index (χ1n) is 5.18. The lowest BCUT2D eigenvalue weighted by atomic mass is 10.1. The van der Waals surface area contributed by atoms with Gasteiger partial charge in [-0.15, -0.1) is 0 Å². The molecule has 17 heavy (non-hydrogen) atoms. The maximum atomic E-state index is 10.4. The van der Waals surface area contributed by atoms with Gasteiger partial charge in [0.05, 0.1) is 11.9 Å². The number of carboxylic acid groups (broad SMARTS) is 1. The topological polar surface area (TPSA) is 66.0 Å². The van der Waals surface area contributed by atoms with E-state index in [4.69, 9.17) is 5.11 Å². The van der Waals surface area contributed by atoms with E-state index < -0.39 is 5.97 Å². The van der Waals surface area contributed by atoms with E-state index in [0.29, 0.717) is 5.82 Å². The second-order valence-electron chi connectivity index (χ2n) is 3.72. The normalized spacial score (nSPS) is 10.9. The Morgan fingerprint density at radius 3 is 3.00 bits per heavy atom. The van der Waals surface area contributed by atoms with E-state index >= 15 is 0 Å². The quantitative estimate of drug-likeness (QED) is 0.793. The molecule has 0 atom stereocenters. The van der Waals surface area contributed by atoms with Crippen molar-refractivity contribution in [1.29, 1.82) is 0 Å². The highest BCUT2D eigenvalue weighted by atomic mass is 16.4. The zero-order chi connectivity index (χ0) is 12.3. The molecule has 4 nitrogen and oxygen atoms in total. The van der Waals surface area contributed by atoms with E-state index in [2.05, 4.69) is 9.97 Å². The lowest BCUT2D eigenvalue weighted by Crippen LogP contribution is -1.86. The minimum absolute atomic E-state index is 0.531. The van der Waals surface area contributed by atoms with Crippen molar-refractivity contribution in [3.63, 3.8) is 0 Å². The highest BCUT2D eigenvalue weighted by molar-refractivity contribution is 5.84. The zero-order valence-corrected chi connectivity index (χ0v) is 9.34. The minimum Gasteiger partial charge on any atom is -0.478 e. The SMILES string of the molecule is Cc1cccc(-c2cnc(/C=C/C(=O)O)[nH]2)c1. The number of aryl methyl sites for hydroxylation is 1. The number of hydrogen-bond donors (Lipinski definition) is 2. The van der Waals surface area contributed by atoms with Gasteiger partial charge in [-0.1, -0.05) is 23.8 Å². The van der Waals surface area contributed by atoms with Crippen LogP contribution >= 0.6 is 0 Å².